The van der Waals surface area contributed by atoms with Gasteiger partial charge in [0.1, 0.15) is 5.82 Å². The number of nitrogens with one attached hydrogen (secondary N) is 1. The molecule has 1 aromatic rings. The zero-order valence-corrected chi connectivity index (χ0v) is 13.2. The summed E-state index contributed by atoms with van der Waals surface area (Å²) >= 11 is 6.34. The van der Waals surface area contributed by atoms with Crippen molar-refractivity contribution in [2.45, 2.75) is 20.4 Å². The largest absolute Gasteiger partial charge is 0.348 e. The van der Waals surface area contributed by atoms with Crippen LogP contribution in [-0.4, -0.2) is 24.6 Å². The van der Waals surface area contributed by atoms with Gasteiger partial charge >= 0.3 is 0 Å². The molecule has 0 atom stereocenters. The molecule has 0 aromatic carbocycles. The molecule has 1 rings (SSSR count). The minimum absolute atomic E-state index is 0.633. The third-order valence-electron chi connectivity index (χ3n) is 2.76. The molecule has 0 saturated heterocycles. The van der Waals surface area contributed by atoms with Gasteiger partial charge in [0.25, 0.3) is 0 Å². The lowest BCUT2D eigenvalue weighted by atomic mass is 10.2. The van der Waals surface area contributed by atoms with Crippen LogP contribution in [0.3, 0.4) is 0 Å². The summed E-state index contributed by atoms with van der Waals surface area (Å²) in [4.78, 5) is 6.51. The predicted molar refractivity (Wildman–Crippen MR) is 88.4 cm³/mol. The molecule has 0 saturated carbocycles. The first kappa shape index (κ1) is 16.7. The summed E-state index contributed by atoms with van der Waals surface area (Å²) in [6.45, 7) is 15.0. The quantitative estimate of drug-likeness (QED) is 0.704. The van der Waals surface area contributed by atoms with Crippen molar-refractivity contribution in [1.29, 1.82) is 0 Å². The molecular weight excluding hydrogens is 270 g/mol. The van der Waals surface area contributed by atoms with E-state index in [1.807, 2.05) is 29.3 Å². The van der Waals surface area contributed by atoms with E-state index < -0.39 is 0 Å². The SMILES string of the molecule is C=CCN(CC=C)c1ncc(CNCC(C)C)cc1Cl. The number of halogens is 1. The summed E-state index contributed by atoms with van der Waals surface area (Å²) in [7, 11) is 0. The van der Waals surface area contributed by atoms with Gasteiger partial charge < -0.3 is 10.2 Å². The molecule has 0 amide bonds. The van der Waals surface area contributed by atoms with Gasteiger partial charge in [0.05, 0.1) is 5.02 Å². The summed E-state index contributed by atoms with van der Waals surface area (Å²) in [6, 6.07) is 1.97. The maximum Gasteiger partial charge on any atom is 0.147 e. The van der Waals surface area contributed by atoms with Crippen LogP contribution in [0.4, 0.5) is 5.82 Å². The second-order valence-electron chi connectivity index (χ2n) is 5.16. The van der Waals surface area contributed by atoms with E-state index in [1.54, 1.807) is 0 Å². The van der Waals surface area contributed by atoms with Crippen LogP contribution < -0.4 is 10.2 Å². The van der Waals surface area contributed by atoms with Gasteiger partial charge in [-0.25, -0.2) is 4.98 Å². The first-order chi connectivity index (χ1) is 9.58. The van der Waals surface area contributed by atoms with E-state index in [2.05, 4.69) is 37.3 Å². The lowest BCUT2D eigenvalue weighted by Gasteiger charge is -2.21. The highest BCUT2D eigenvalue weighted by Crippen LogP contribution is 2.24. The van der Waals surface area contributed by atoms with E-state index in [1.165, 1.54) is 0 Å². The van der Waals surface area contributed by atoms with E-state index in [9.17, 15) is 0 Å². The van der Waals surface area contributed by atoms with Crippen molar-refractivity contribution in [3.63, 3.8) is 0 Å². The molecule has 0 aliphatic carbocycles. The Kier molecular flexibility index (Phi) is 7.34. The molecule has 0 spiro atoms. The molecule has 1 N–H and O–H groups in total. The van der Waals surface area contributed by atoms with Crippen LogP contribution in [0.5, 0.6) is 0 Å². The third kappa shape index (κ3) is 5.35. The van der Waals surface area contributed by atoms with Gasteiger partial charge in [-0.05, 0) is 24.1 Å². The summed E-state index contributed by atoms with van der Waals surface area (Å²) in [5.74, 6) is 1.41. The fourth-order valence-electron chi connectivity index (χ4n) is 1.86. The van der Waals surface area contributed by atoms with Crippen molar-refractivity contribution < 1.29 is 0 Å². The second kappa shape index (κ2) is 8.77. The van der Waals surface area contributed by atoms with Gasteiger partial charge in [-0.3, -0.25) is 0 Å². The molecular formula is C16H24ClN3. The van der Waals surface area contributed by atoms with Crippen LogP contribution in [0.15, 0.2) is 37.6 Å². The summed E-state index contributed by atoms with van der Waals surface area (Å²) in [5.41, 5.74) is 1.09. The Balaban J connectivity index is 2.75. The molecule has 0 bridgehead atoms. The van der Waals surface area contributed by atoms with Crippen molar-refractivity contribution in [1.82, 2.24) is 10.3 Å². The third-order valence-corrected chi connectivity index (χ3v) is 3.04. The molecule has 0 fully saturated rings. The van der Waals surface area contributed by atoms with Gasteiger partial charge in [-0.2, -0.15) is 0 Å². The Morgan fingerprint density at radius 1 is 1.35 bits per heavy atom. The molecule has 0 aliphatic heterocycles. The number of pyridine rings is 1. The monoisotopic (exact) mass is 293 g/mol. The van der Waals surface area contributed by atoms with Crippen LogP contribution in [0.1, 0.15) is 19.4 Å². The normalized spacial score (nSPS) is 10.6. The Bertz CT molecular complexity index is 433. The number of anilines is 1. The highest BCUT2D eigenvalue weighted by atomic mass is 35.5. The summed E-state index contributed by atoms with van der Waals surface area (Å²) in [6.07, 6.45) is 5.53. The molecule has 1 heterocycles. The van der Waals surface area contributed by atoms with Crippen molar-refractivity contribution >= 4 is 17.4 Å². The maximum absolute atomic E-state index is 6.34. The molecule has 0 radical (unpaired) electrons. The molecule has 0 aliphatic rings. The Morgan fingerprint density at radius 3 is 2.50 bits per heavy atom. The molecule has 0 unspecified atom stereocenters. The summed E-state index contributed by atoms with van der Waals surface area (Å²) < 4.78 is 0. The Labute approximate surface area is 127 Å². The second-order valence-corrected chi connectivity index (χ2v) is 5.56. The van der Waals surface area contributed by atoms with Crippen molar-refractivity contribution in [2.75, 3.05) is 24.5 Å². The summed E-state index contributed by atoms with van der Waals surface area (Å²) in [5, 5.41) is 4.05. The molecule has 3 nitrogen and oxygen atoms in total. The highest BCUT2D eigenvalue weighted by Gasteiger charge is 2.10. The van der Waals surface area contributed by atoms with E-state index >= 15 is 0 Å². The molecule has 4 heteroatoms. The number of hydrogen-bond donors (Lipinski definition) is 1. The van der Waals surface area contributed by atoms with Crippen molar-refractivity contribution in [3.05, 3.63) is 48.2 Å². The van der Waals surface area contributed by atoms with E-state index in [4.69, 9.17) is 11.6 Å². The molecule has 20 heavy (non-hydrogen) atoms. The zero-order valence-electron chi connectivity index (χ0n) is 12.4. The highest BCUT2D eigenvalue weighted by molar-refractivity contribution is 6.33. The average Bonchev–Trinajstić information content (AvgIpc) is 2.38. The number of aromatic nitrogens is 1. The standard InChI is InChI=1S/C16H24ClN3/c1-5-7-20(8-6-2)16-15(17)9-14(12-19-16)11-18-10-13(3)4/h5-6,9,12-13,18H,1-2,7-8,10-11H2,3-4H3. The van der Waals surface area contributed by atoms with Gasteiger partial charge in [0.2, 0.25) is 0 Å². The fourth-order valence-corrected chi connectivity index (χ4v) is 2.17. The fraction of sp³-hybridized carbons (Fsp3) is 0.438. The number of rotatable bonds is 9. The maximum atomic E-state index is 6.34. The number of nitrogens with zero attached hydrogens (tertiary/aromatic N) is 2. The predicted octanol–water partition coefficient (Wildman–Crippen LogP) is 3.66. The lowest BCUT2D eigenvalue weighted by molar-refractivity contribution is 0.552. The van der Waals surface area contributed by atoms with Gasteiger partial charge in [-0.1, -0.05) is 37.6 Å². The topological polar surface area (TPSA) is 28.2 Å². The van der Waals surface area contributed by atoms with Gasteiger partial charge in [0, 0.05) is 25.8 Å². The average molecular weight is 294 g/mol. The minimum Gasteiger partial charge on any atom is -0.348 e. The van der Waals surface area contributed by atoms with Crippen LogP contribution >= 0.6 is 11.6 Å². The van der Waals surface area contributed by atoms with Crippen LogP contribution in [0.2, 0.25) is 5.02 Å². The smallest absolute Gasteiger partial charge is 0.147 e. The van der Waals surface area contributed by atoms with Crippen LogP contribution in [0, 0.1) is 5.92 Å². The number of hydrogen-bond acceptors (Lipinski definition) is 3. The van der Waals surface area contributed by atoms with Crippen LogP contribution in [0.25, 0.3) is 0 Å². The Morgan fingerprint density at radius 2 is 2.00 bits per heavy atom. The Hall–Kier alpha value is -1.32. The minimum atomic E-state index is 0.633. The van der Waals surface area contributed by atoms with Crippen LogP contribution in [-0.2, 0) is 6.54 Å². The van der Waals surface area contributed by atoms with E-state index in [-0.39, 0.29) is 0 Å². The van der Waals surface area contributed by atoms with E-state index in [0.29, 0.717) is 24.0 Å². The zero-order chi connectivity index (χ0) is 15.0. The van der Waals surface area contributed by atoms with Crippen molar-refractivity contribution in [3.8, 4) is 0 Å². The molecule has 110 valence electrons. The first-order valence-electron chi connectivity index (χ1n) is 6.90. The first-order valence-corrected chi connectivity index (χ1v) is 7.28. The van der Waals surface area contributed by atoms with Gasteiger partial charge in [0.15, 0.2) is 0 Å². The van der Waals surface area contributed by atoms with Gasteiger partial charge in [-0.15, -0.1) is 13.2 Å². The van der Waals surface area contributed by atoms with E-state index in [0.717, 1.165) is 24.5 Å². The molecule has 1 aromatic heterocycles. The lowest BCUT2D eigenvalue weighted by Crippen LogP contribution is -2.25. The van der Waals surface area contributed by atoms with Crippen molar-refractivity contribution in [2.24, 2.45) is 5.92 Å².